The largest absolute Gasteiger partial charge is 0.454 e. The van der Waals surface area contributed by atoms with Gasteiger partial charge in [-0.15, -0.1) is 0 Å². The van der Waals surface area contributed by atoms with E-state index in [-0.39, 0.29) is 23.8 Å². The molecule has 1 aliphatic rings. The van der Waals surface area contributed by atoms with Crippen molar-refractivity contribution in [3.63, 3.8) is 0 Å². The molecule has 11 heteroatoms. The van der Waals surface area contributed by atoms with E-state index in [0.717, 1.165) is 5.56 Å². The van der Waals surface area contributed by atoms with Crippen LogP contribution in [0.1, 0.15) is 26.4 Å². The minimum atomic E-state index is -0.622. The van der Waals surface area contributed by atoms with Crippen LogP contribution in [0.2, 0.25) is 0 Å². The summed E-state index contributed by atoms with van der Waals surface area (Å²) in [6.45, 7) is 0.0840. The number of fused-ring (bicyclic) bond motifs is 2. The molecule has 5 aromatic rings. The SMILES string of the molecule is O=C(Oc1c(Br)cc(Br)cc1C=NNC(=O)c1[nH]c2ccc(F)cc2c1-c1ccccc1)c1ccc2c(c1)OCO2. The molecule has 2 heterocycles. The van der Waals surface area contributed by atoms with E-state index in [4.69, 9.17) is 14.2 Å². The standard InChI is InChI=1S/C30H18Br2FN3O5/c31-19-10-18(28(22(32)12-19)41-30(38)17-6-9-24-25(11-17)40-15-39-24)14-34-36-29(37)27-26(16-4-2-1-3-5-16)21-13-20(33)7-8-23(21)35-27/h1-14,35H,15H2,(H,36,37). The number of aromatic amines is 1. The maximum Gasteiger partial charge on any atom is 0.343 e. The maximum absolute atomic E-state index is 14.1. The highest BCUT2D eigenvalue weighted by atomic mass is 79.9. The number of benzene rings is 4. The van der Waals surface area contributed by atoms with Gasteiger partial charge in [0.05, 0.1) is 16.3 Å². The second-order valence-electron chi connectivity index (χ2n) is 8.89. The van der Waals surface area contributed by atoms with E-state index < -0.39 is 17.7 Å². The van der Waals surface area contributed by atoms with Crippen molar-refractivity contribution in [2.75, 3.05) is 6.79 Å². The minimum Gasteiger partial charge on any atom is -0.454 e. The summed E-state index contributed by atoms with van der Waals surface area (Å²) in [4.78, 5) is 29.3. The molecule has 1 aliphatic heterocycles. The molecule has 0 fully saturated rings. The third-order valence-corrected chi connectivity index (χ3v) is 7.31. The number of hydrogen-bond donors (Lipinski definition) is 2. The summed E-state index contributed by atoms with van der Waals surface area (Å²) in [5.74, 6) is -0.381. The Morgan fingerprint density at radius 1 is 0.976 bits per heavy atom. The fourth-order valence-electron chi connectivity index (χ4n) is 4.41. The monoisotopic (exact) mass is 677 g/mol. The zero-order valence-electron chi connectivity index (χ0n) is 20.9. The Morgan fingerprint density at radius 3 is 2.61 bits per heavy atom. The number of hydrogen-bond acceptors (Lipinski definition) is 6. The van der Waals surface area contributed by atoms with Gasteiger partial charge in [-0.25, -0.2) is 14.6 Å². The van der Waals surface area contributed by atoms with Gasteiger partial charge in [0.1, 0.15) is 11.5 Å². The minimum absolute atomic E-state index is 0.0840. The molecule has 0 unspecified atom stereocenters. The van der Waals surface area contributed by atoms with Crippen LogP contribution in [-0.2, 0) is 0 Å². The first-order valence-corrected chi connectivity index (χ1v) is 13.8. The lowest BCUT2D eigenvalue weighted by molar-refractivity contribution is 0.0732. The molecule has 2 N–H and O–H groups in total. The van der Waals surface area contributed by atoms with Crippen LogP contribution in [0.25, 0.3) is 22.0 Å². The van der Waals surface area contributed by atoms with E-state index in [2.05, 4.69) is 47.4 Å². The fourth-order valence-corrected chi connectivity index (χ4v) is 5.75. The predicted molar refractivity (Wildman–Crippen MR) is 158 cm³/mol. The molecule has 41 heavy (non-hydrogen) atoms. The van der Waals surface area contributed by atoms with E-state index in [1.807, 2.05) is 30.3 Å². The Morgan fingerprint density at radius 2 is 1.78 bits per heavy atom. The molecule has 0 saturated heterocycles. The first-order chi connectivity index (χ1) is 19.9. The molecule has 204 valence electrons. The molecule has 0 saturated carbocycles. The summed E-state index contributed by atoms with van der Waals surface area (Å²) in [5.41, 5.74) is 5.31. The van der Waals surface area contributed by atoms with Crippen LogP contribution in [0, 0.1) is 5.82 Å². The second-order valence-corrected chi connectivity index (χ2v) is 10.7. The van der Waals surface area contributed by atoms with Gasteiger partial charge in [-0.1, -0.05) is 46.3 Å². The van der Waals surface area contributed by atoms with Gasteiger partial charge < -0.3 is 19.2 Å². The third-order valence-electron chi connectivity index (χ3n) is 6.26. The smallest absolute Gasteiger partial charge is 0.343 e. The average Bonchev–Trinajstić information content (AvgIpc) is 3.59. The normalized spacial score (nSPS) is 12.2. The number of nitrogens with one attached hydrogen (secondary N) is 2. The number of hydrazone groups is 1. The number of ether oxygens (including phenoxy) is 3. The van der Waals surface area contributed by atoms with Crippen molar-refractivity contribution in [1.29, 1.82) is 0 Å². The Kier molecular flexibility index (Phi) is 7.29. The van der Waals surface area contributed by atoms with Crippen molar-refractivity contribution in [1.82, 2.24) is 10.4 Å². The lowest BCUT2D eigenvalue weighted by Gasteiger charge is -2.11. The van der Waals surface area contributed by atoms with Crippen molar-refractivity contribution < 1.29 is 28.2 Å². The summed E-state index contributed by atoms with van der Waals surface area (Å²) in [7, 11) is 0. The zero-order chi connectivity index (χ0) is 28.5. The number of aromatic nitrogens is 1. The molecular weight excluding hydrogens is 661 g/mol. The average molecular weight is 679 g/mol. The van der Waals surface area contributed by atoms with Crippen molar-refractivity contribution in [2.45, 2.75) is 0 Å². The van der Waals surface area contributed by atoms with Gasteiger partial charge in [-0.2, -0.15) is 5.10 Å². The van der Waals surface area contributed by atoms with Gasteiger partial charge in [-0.3, -0.25) is 4.79 Å². The van der Waals surface area contributed by atoms with Crippen molar-refractivity contribution in [3.8, 4) is 28.4 Å². The number of esters is 1. The Balaban J connectivity index is 1.27. The Labute approximate surface area is 249 Å². The number of halogens is 3. The Bertz CT molecular complexity index is 1860. The van der Waals surface area contributed by atoms with Gasteiger partial charge in [-0.05, 0) is 70.0 Å². The highest BCUT2D eigenvalue weighted by Crippen LogP contribution is 2.36. The molecule has 0 bridgehead atoms. The number of carbonyl (C=O) groups is 2. The van der Waals surface area contributed by atoms with Gasteiger partial charge in [0.15, 0.2) is 17.2 Å². The van der Waals surface area contributed by atoms with Gasteiger partial charge >= 0.3 is 5.97 Å². The van der Waals surface area contributed by atoms with Crippen LogP contribution in [-0.4, -0.2) is 29.9 Å². The van der Waals surface area contributed by atoms with E-state index >= 15 is 0 Å². The van der Waals surface area contributed by atoms with Crippen LogP contribution in [0.15, 0.2) is 92.9 Å². The summed E-state index contributed by atoms with van der Waals surface area (Å²) in [6.07, 6.45) is 1.36. The van der Waals surface area contributed by atoms with Crippen LogP contribution in [0.5, 0.6) is 17.2 Å². The number of nitrogens with zero attached hydrogens (tertiary/aromatic N) is 1. The number of amides is 1. The van der Waals surface area contributed by atoms with Crippen molar-refractivity contribution in [2.24, 2.45) is 5.10 Å². The molecule has 0 radical (unpaired) electrons. The summed E-state index contributed by atoms with van der Waals surface area (Å²) in [6, 6.07) is 21.7. The van der Waals surface area contributed by atoms with Crippen LogP contribution in [0.4, 0.5) is 4.39 Å². The molecule has 1 aromatic heterocycles. The highest BCUT2D eigenvalue weighted by Gasteiger charge is 2.21. The topological polar surface area (TPSA) is 102 Å². The molecule has 8 nitrogen and oxygen atoms in total. The lowest BCUT2D eigenvalue weighted by Crippen LogP contribution is -2.19. The lowest BCUT2D eigenvalue weighted by atomic mass is 10.0. The van der Waals surface area contributed by atoms with Crippen molar-refractivity contribution in [3.05, 3.63) is 110 Å². The number of carbonyl (C=O) groups excluding carboxylic acids is 2. The van der Waals surface area contributed by atoms with Crippen LogP contribution < -0.4 is 19.6 Å². The van der Waals surface area contributed by atoms with Crippen LogP contribution >= 0.6 is 31.9 Å². The van der Waals surface area contributed by atoms with Gasteiger partial charge in [0.2, 0.25) is 6.79 Å². The third kappa shape index (κ3) is 5.46. The first kappa shape index (κ1) is 26.7. The number of H-pyrrole nitrogens is 1. The summed E-state index contributed by atoms with van der Waals surface area (Å²) in [5, 5.41) is 4.69. The second kappa shape index (κ2) is 11.2. The van der Waals surface area contributed by atoms with E-state index in [1.54, 1.807) is 36.4 Å². The molecule has 0 spiro atoms. The molecule has 0 aliphatic carbocycles. The van der Waals surface area contributed by atoms with Crippen molar-refractivity contribution >= 4 is 60.9 Å². The highest BCUT2D eigenvalue weighted by molar-refractivity contribution is 9.11. The maximum atomic E-state index is 14.1. The predicted octanol–water partition coefficient (Wildman–Crippen LogP) is 7.21. The molecule has 6 rings (SSSR count). The number of rotatable bonds is 6. The van der Waals surface area contributed by atoms with Gasteiger partial charge in [0.25, 0.3) is 5.91 Å². The fraction of sp³-hybridized carbons (Fsp3) is 0.0333. The molecular formula is C30H18Br2FN3O5. The summed E-state index contributed by atoms with van der Waals surface area (Å²) < 4.78 is 31.6. The summed E-state index contributed by atoms with van der Waals surface area (Å²) >= 11 is 6.86. The quantitative estimate of drug-likeness (QED) is 0.0856. The molecule has 1 amide bonds. The molecule has 0 atom stereocenters. The zero-order valence-corrected chi connectivity index (χ0v) is 24.1. The van der Waals surface area contributed by atoms with E-state index in [9.17, 15) is 14.0 Å². The van der Waals surface area contributed by atoms with Crippen LogP contribution in [0.3, 0.4) is 0 Å². The van der Waals surface area contributed by atoms with Gasteiger partial charge in [0, 0.05) is 26.5 Å². The van der Waals surface area contributed by atoms with E-state index in [1.165, 1.54) is 18.3 Å². The first-order valence-electron chi connectivity index (χ1n) is 12.2. The molecule has 4 aromatic carbocycles. The van der Waals surface area contributed by atoms with E-state index in [0.29, 0.717) is 42.5 Å². The Hall–Kier alpha value is -4.48.